The van der Waals surface area contributed by atoms with E-state index < -0.39 is 5.92 Å². The highest BCUT2D eigenvalue weighted by Crippen LogP contribution is 2.42. The fraction of sp³-hybridized carbons (Fsp3) is 0.263. The summed E-state index contributed by atoms with van der Waals surface area (Å²) in [5.74, 6) is 0.257. The molecule has 1 aromatic carbocycles. The third kappa shape index (κ3) is 3.75. The summed E-state index contributed by atoms with van der Waals surface area (Å²) in [5.41, 5.74) is 2.68. The predicted molar refractivity (Wildman–Crippen MR) is 101 cm³/mol. The van der Waals surface area contributed by atoms with Crippen LogP contribution in [0.2, 0.25) is 5.02 Å². The van der Waals surface area contributed by atoms with Crippen molar-refractivity contribution in [3.63, 3.8) is 0 Å². The average molecular weight is 359 g/mol. The van der Waals surface area contributed by atoms with Crippen LogP contribution >= 0.6 is 23.4 Å². The molecule has 1 aliphatic heterocycles. The van der Waals surface area contributed by atoms with Gasteiger partial charge in [-0.3, -0.25) is 4.79 Å². The molecule has 0 amide bonds. The Morgan fingerprint density at radius 3 is 2.75 bits per heavy atom. The van der Waals surface area contributed by atoms with Crippen LogP contribution in [0, 0.1) is 11.3 Å². The molecule has 0 aromatic heterocycles. The van der Waals surface area contributed by atoms with Gasteiger partial charge in [0, 0.05) is 22.0 Å². The van der Waals surface area contributed by atoms with Crippen molar-refractivity contribution in [1.29, 1.82) is 5.26 Å². The zero-order valence-corrected chi connectivity index (χ0v) is 15.5. The van der Waals surface area contributed by atoms with E-state index in [9.17, 15) is 10.1 Å². The number of hydrogen-bond donors (Lipinski definition) is 1. The number of carbonyl (C=O) groups is 1. The van der Waals surface area contributed by atoms with Crippen molar-refractivity contribution < 1.29 is 4.79 Å². The summed E-state index contributed by atoms with van der Waals surface area (Å²) >= 11 is 7.91. The number of nitrogens with one attached hydrogen (secondary N) is 1. The van der Waals surface area contributed by atoms with Crippen LogP contribution in [0.15, 0.2) is 58.3 Å². The molecule has 0 aliphatic carbocycles. The summed E-state index contributed by atoms with van der Waals surface area (Å²) in [6.07, 6.45) is 4.00. The van der Waals surface area contributed by atoms with E-state index in [2.05, 4.69) is 11.4 Å². The number of hydrogen-bond acceptors (Lipinski definition) is 4. The second kappa shape index (κ2) is 8.23. The molecule has 1 N–H and O–H groups in total. The lowest BCUT2D eigenvalue weighted by Crippen LogP contribution is -2.27. The van der Waals surface area contributed by atoms with E-state index in [0.717, 1.165) is 22.0 Å². The molecule has 1 aromatic rings. The van der Waals surface area contributed by atoms with Gasteiger partial charge in [0.25, 0.3) is 0 Å². The molecule has 0 spiro atoms. The van der Waals surface area contributed by atoms with Crippen LogP contribution in [0.1, 0.15) is 32.3 Å². The number of Topliss-reactive ketones (excluding diaryl/α,β-unsaturated/α-hetero) is 1. The van der Waals surface area contributed by atoms with Gasteiger partial charge in [-0.1, -0.05) is 42.0 Å². The third-order valence-electron chi connectivity index (χ3n) is 3.80. The lowest BCUT2D eigenvalue weighted by atomic mass is 9.81. The summed E-state index contributed by atoms with van der Waals surface area (Å²) in [6.45, 7) is 5.35. The van der Waals surface area contributed by atoms with Crippen LogP contribution in [0.3, 0.4) is 0 Å². The number of nitriles is 1. The molecule has 0 fully saturated rings. The Kier molecular flexibility index (Phi) is 6.30. The zero-order chi connectivity index (χ0) is 17.7. The van der Waals surface area contributed by atoms with Gasteiger partial charge in [0.05, 0.1) is 22.6 Å². The van der Waals surface area contributed by atoms with Crippen LogP contribution < -0.4 is 5.32 Å². The highest BCUT2D eigenvalue weighted by molar-refractivity contribution is 8.03. The highest BCUT2D eigenvalue weighted by atomic mass is 35.5. The molecule has 124 valence electrons. The van der Waals surface area contributed by atoms with E-state index >= 15 is 0 Å². The molecule has 5 heteroatoms. The van der Waals surface area contributed by atoms with E-state index in [1.807, 2.05) is 44.2 Å². The number of dihydropyridines is 1. The topological polar surface area (TPSA) is 52.9 Å². The molecule has 0 bridgehead atoms. The third-order valence-corrected chi connectivity index (χ3v) is 5.12. The molecule has 1 heterocycles. The van der Waals surface area contributed by atoms with Crippen LogP contribution in [0.5, 0.6) is 0 Å². The average Bonchev–Trinajstić information content (AvgIpc) is 2.54. The number of carbonyl (C=O) groups excluding carboxylic acids is 1. The Labute approximate surface area is 152 Å². The molecule has 0 unspecified atom stereocenters. The minimum atomic E-state index is -0.435. The summed E-state index contributed by atoms with van der Waals surface area (Å²) in [5, 5.41) is 14.3. The molecular formula is C19H19ClN2OS. The van der Waals surface area contributed by atoms with Crippen LogP contribution in [-0.4, -0.2) is 11.5 Å². The van der Waals surface area contributed by atoms with Gasteiger partial charge < -0.3 is 5.32 Å². The predicted octanol–water partition coefficient (Wildman–Crippen LogP) is 4.93. The fourth-order valence-corrected chi connectivity index (χ4v) is 3.99. The number of allylic oxidation sites excluding steroid dienone is 4. The van der Waals surface area contributed by atoms with Gasteiger partial charge in [-0.2, -0.15) is 5.26 Å². The van der Waals surface area contributed by atoms with Crippen molar-refractivity contribution in [3.05, 3.63) is 68.9 Å². The molecule has 3 nitrogen and oxygen atoms in total. The number of benzene rings is 1. The molecule has 2 rings (SSSR count). The fourth-order valence-electron chi connectivity index (χ4n) is 2.74. The summed E-state index contributed by atoms with van der Waals surface area (Å²) in [7, 11) is 0. The van der Waals surface area contributed by atoms with Crippen LogP contribution in [0.25, 0.3) is 0 Å². The first-order valence-corrected chi connectivity index (χ1v) is 8.99. The van der Waals surface area contributed by atoms with Gasteiger partial charge in [-0.25, -0.2) is 0 Å². The van der Waals surface area contributed by atoms with E-state index in [1.54, 1.807) is 17.8 Å². The molecule has 0 radical (unpaired) electrons. The minimum Gasteiger partial charge on any atom is -0.353 e. The second-order valence-corrected chi connectivity index (χ2v) is 6.85. The number of rotatable bonds is 5. The van der Waals surface area contributed by atoms with Crippen molar-refractivity contribution in [3.8, 4) is 6.07 Å². The highest BCUT2D eigenvalue weighted by Gasteiger charge is 2.33. The Hall–Kier alpha value is -1.96. The van der Waals surface area contributed by atoms with Crippen molar-refractivity contribution in [2.45, 2.75) is 26.7 Å². The van der Waals surface area contributed by atoms with E-state index in [-0.39, 0.29) is 5.78 Å². The van der Waals surface area contributed by atoms with Crippen molar-refractivity contribution in [2.24, 2.45) is 0 Å². The SMILES string of the molecule is C/C=C/CSC1=C(C#N)[C@@H](c2ccccc2Cl)C(C(C)=O)=C(C)N1. The number of ketones is 1. The second-order valence-electron chi connectivity index (χ2n) is 5.41. The Bertz CT molecular complexity index is 787. The van der Waals surface area contributed by atoms with Crippen LogP contribution in [-0.2, 0) is 4.79 Å². The van der Waals surface area contributed by atoms with Gasteiger partial charge in [0.2, 0.25) is 0 Å². The zero-order valence-electron chi connectivity index (χ0n) is 13.9. The Morgan fingerprint density at radius 2 is 2.17 bits per heavy atom. The lowest BCUT2D eigenvalue weighted by molar-refractivity contribution is -0.113. The maximum absolute atomic E-state index is 12.2. The molecule has 1 atom stereocenters. The smallest absolute Gasteiger partial charge is 0.158 e. The quantitative estimate of drug-likeness (QED) is 0.758. The van der Waals surface area contributed by atoms with E-state index in [1.165, 1.54) is 6.92 Å². The first-order chi connectivity index (χ1) is 11.5. The maximum atomic E-state index is 12.2. The number of halogens is 1. The summed E-state index contributed by atoms with van der Waals surface area (Å²) < 4.78 is 0. The molecular weight excluding hydrogens is 340 g/mol. The molecule has 1 aliphatic rings. The largest absolute Gasteiger partial charge is 0.353 e. The first kappa shape index (κ1) is 18.4. The van der Waals surface area contributed by atoms with Gasteiger partial charge in [-0.15, -0.1) is 11.8 Å². The molecule has 0 saturated heterocycles. The van der Waals surface area contributed by atoms with E-state index in [4.69, 9.17) is 11.6 Å². The monoisotopic (exact) mass is 358 g/mol. The number of thioether (sulfide) groups is 1. The molecule has 24 heavy (non-hydrogen) atoms. The summed E-state index contributed by atoms with van der Waals surface area (Å²) in [6, 6.07) is 9.66. The summed E-state index contributed by atoms with van der Waals surface area (Å²) in [4.78, 5) is 12.2. The molecule has 0 saturated carbocycles. The Morgan fingerprint density at radius 1 is 1.46 bits per heavy atom. The Balaban J connectivity index is 2.61. The normalized spacial score (nSPS) is 17.9. The van der Waals surface area contributed by atoms with E-state index in [0.29, 0.717) is 16.2 Å². The van der Waals surface area contributed by atoms with Gasteiger partial charge in [0.15, 0.2) is 5.78 Å². The van der Waals surface area contributed by atoms with Gasteiger partial charge in [-0.05, 0) is 32.4 Å². The first-order valence-electron chi connectivity index (χ1n) is 7.62. The van der Waals surface area contributed by atoms with Gasteiger partial charge >= 0.3 is 0 Å². The van der Waals surface area contributed by atoms with Crippen LogP contribution in [0.4, 0.5) is 0 Å². The van der Waals surface area contributed by atoms with Crippen molar-refractivity contribution >= 4 is 29.1 Å². The standard InChI is InChI=1S/C19H19ClN2OS/c1-4-5-10-24-19-15(11-21)18(14-8-6-7-9-16(14)20)17(13(3)23)12(2)22-19/h4-9,18,22H,10H2,1-3H3/b5-4+/t18-/m1/s1. The van der Waals surface area contributed by atoms with Crippen molar-refractivity contribution in [2.75, 3.05) is 5.75 Å². The van der Waals surface area contributed by atoms with Gasteiger partial charge in [0.1, 0.15) is 0 Å². The number of nitrogens with zero attached hydrogens (tertiary/aromatic N) is 1. The maximum Gasteiger partial charge on any atom is 0.158 e. The minimum absolute atomic E-state index is 0.0600. The lowest BCUT2D eigenvalue weighted by Gasteiger charge is -2.29. The van der Waals surface area contributed by atoms with Crippen molar-refractivity contribution in [1.82, 2.24) is 5.32 Å².